The van der Waals surface area contributed by atoms with Crippen molar-refractivity contribution in [3.05, 3.63) is 48.6 Å². The zero-order valence-corrected chi connectivity index (χ0v) is 51.4. The van der Waals surface area contributed by atoms with Gasteiger partial charge in [-0.25, -0.2) is 4.57 Å². The molecule has 3 atom stereocenters. The Balaban J connectivity index is 4.01. The van der Waals surface area contributed by atoms with E-state index in [9.17, 15) is 19.4 Å². The lowest BCUT2D eigenvalue weighted by Crippen LogP contribution is -2.46. The van der Waals surface area contributed by atoms with Gasteiger partial charge in [0.2, 0.25) is 5.91 Å². The summed E-state index contributed by atoms with van der Waals surface area (Å²) in [6.45, 7) is 4.82. The molecule has 0 spiro atoms. The molecule has 3 unspecified atom stereocenters. The Labute approximate surface area is 467 Å². The zero-order valence-electron chi connectivity index (χ0n) is 50.6. The molecule has 0 aliphatic heterocycles. The summed E-state index contributed by atoms with van der Waals surface area (Å²) in [6, 6.07) is -0.760. The summed E-state index contributed by atoms with van der Waals surface area (Å²) in [5, 5.41) is 14.1. The van der Waals surface area contributed by atoms with Crippen molar-refractivity contribution < 1.29 is 32.9 Å². The van der Waals surface area contributed by atoms with Gasteiger partial charge in [0, 0.05) is 6.42 Å². The molecule has 442 valence electrons. The van der Waals surface area contributed by atoms with Gasteiger partial charge in [-0.3, -0.25) is 13.8 Å². The molecule has 9 heteroatoms. The van der Waals surface area contributed by atoms with Gasteiger partial charge in [0.05, 0.1) is 39.9 Å². The summed E-state index contributed by atoms with van der Waals surface area (Å²) in [4.78, 5) is 23.4. The van der Waals surface area contributed by atoms with E-state index in [0.717, 1.165) is 64.2 Å². The van der Waals surface area contributed by atoms with Crippen LogP contribution < -0.4 is 5.32 Å². The minimum atomic E-state index is -4.33. The van der Waals surface area contributed by atoms with Crippen LogP contribution in [0.2, 0.25) is 0 Å². The predicted octanol–water partition coefficient (Wildman–Crippen LogP) is 20.3. The lowest BCUT2D eigenvalue weighted by molar-refractivity contribution is -0.870. The molecule has 75 heavy (non-hydrogen) atoms. The molecule has 0 aromatic carbocycles. The van der Waals surface area contributed by atoms with Crippen molar-refractivity contribution in [3.8, 4) is 0 Å². The molecule has 0 aliphatic carbocycles. The van der Waals surface area contributed by atoms with Crippen LogP contribution in [0.5, 0.6) is 0 Å². The van der Waals surface area contributed by atoms with E-state index in [4.69, 9.17) is 9.05 Å². The van der Waals surface area contributed by atoms with E-state index >= 15 is 0 Å². The molecule has 0 rings (SSSR count). The number of nitrogens with one attached hydrogen (secondary N) is 1. The van der Waals surface area contributed by atoms with Gasteiger partial charge in [0.1, 0.15) is 13.2 Å². The molecule has 1 amide bonds. The number of likely N-dealkylation sites (N-methyl/N-ethyl adjacent to an activating group) is 1. The van der Waals surface area contributed by atoms with Crippen molar-refractivity contribution in [2.24, 2.45) is 0 Å². The SMILES string of the molecule is CC/C=C\C/C=C\C/C=C\C/C=C\CCCCCCCCCCCCCCCCCCCCCCC(=O)NC(COP(=O)(O)OCC[N+](C)(C)C)C(O)CCCCCCCCCCCCCCCCCCCCCC. The molecule has 0 bridgehead atoms. The number of hydrogen-bond donors (Lipinski definition) is 3. The second kappa shape index (κ2) is 57.2. The van der Waals surface area contributed by atoms with Crippen molar-refractivity contribution in [2.75, 3.05) is 40.9 Å². The van der Waals surface area contributed by atoms with Crippen LogP contribution in [-0.4, -0.2) is 73.4 Å². The third-order valence-electron chi connectivity index (χ3n) is 14.8. The maximum Gasteiger partial charge on any atom is 0.472 e. The largest absolute Gasteiger partial charge is 0.472 e. The maximum atomic E-state index is 13.0. The molecule has 3 N–H and O–H groups in total. The van der Waals surface area contributed by atoms with Gasteiger partial charge >= 0.3 is 7.82 Å². The van der Waals surface area contributed by atoms with Gasteiger partial charge < -0.3 is 19.8 Å². The third-order valence-corrected chi connectivity index (χ3v) is 15.8. The Hall–Kier alpha value is -1.54. The van der Waals surface area contributed by atoms with Crippen LogP contribution in [-0.2, 0) is 18.4 Å². The van der Waals surface area contributed by atoms with Crippen LogP contribution in [0, 0.1) is 0 Å². The fraction of sp³-hybridized carbons (Fsp3) is 0.864. The molecule has 0 heterocycles. The molecular weight excluding hydrogens is 948 g/mol. The normalized spacial score (nSPS) is 14.1. The standard InChI is InChI=1S/C66H127N2O6P/c1-6-8-10-12-14-16-18-20-22-24-26-28-29-30-31-32-33-34-35-36-37-38-39-40-42-44-46-48-50-52-54-56-58-60-66(70)67-64(63-74-75(71,72)73-62-61-68(3,4)5)65(69)59-57-55-53-51-49-47-45-43-41-27-25-23-21-19-17-15-13-11-9-7-2/h8,10,14,16,20,22,26,28,64-65,69H,6-7,9,11-13,15,17-19,21,23-25,27,29-63H2,1-5H3,(H-,67,70,71,72)/p+1/b10-8-,16-14-,22-20-,28-26-. The van der Waals surface area contributed by atoms with E-state index in [0.29, 0.717) is 23.9 Å². The lowest BCUT2D eigenvalue weighted by Gasteiger charge is -2.26. The predicted molar refractivity (Wildman–Crippen MR) is 327 cm³/mol. The average Bonchev–Trinajstić information content (AvgIpc) is 3.37. The number of quaternary nitrogens is 1. The average molecular weight is 1080 g/mol. The van der Waals surface area contributed by atoms with Crippen LogP contribution in [0.25, 0.3) is 0 Å². The van der Waals surface area contributed by atoms with Gasteiger partial charge in [-0.05, 0) is 51.4 Å². The summed E-state index contributed by atoms with van der Waals surface area (Å²) in [7, 11) is 1.63. The molecule has 0 aromatic heterocycles. The zero-order chi connectivity index (χ0) is 54.9. The van der Waals surface area contributed by atoms with E-state index in [2.05, 4.69) is 67.8 Å². The van der Waals surface area contributed by atoms with Gasteiger partial charge in [-0.1, -0.05) is 306 Å². The molecule has 0 saturated heterocycles. The lowest BCUT2D eigenvalue weighted by atomic mass is 10.0. The maximum absolute atomic E-state index is 13.0. The Morgan fingerprint density at radius 1 is 0.467 bits per heavy atom. The molecule has 0 aromatic rings. The molecule has 0 fully saturated rings. The number of phosphoric ester groups is 1. The highest BCUT2D eigenvalue weighted by Crippen LogP contribution is 2.43. The first-order chi connectivity index (χ1) is 36.5. The smallest absolute Gasteiger partial charge is 0.391 e. The fourth-order valence-corrected chi connectivity index (χ4v) is 10.5. The molecule has 0 aliphatic rings. The first-order valence-electron chi connectivity index (χ1n) is 32.5. The monoisotopic (exact) mass is 1080 g/mol. The highest BCUT2D eigenvalue weighted by Gasteiger charge is 2.28. The molecule has 0 saturated carbocycles. The quantitative estimate of drug-likeness (QED) is 0.0243. The van der Waals surface area contributed by atoms with Gasteiger partial charge in [-0.2, -0.15) is 0 Å². The van der Waals surface area contributed by atoms with Crippen molar-refractivity contribution >= 4 is 13.7 Å². The Bertz CT molecular complexity index is 1360. The highest BCUT2D eigenvalue weighted by molar-refractivity contribution is 7.47. The van der Waals surface area contributed by atoms with Gasteiger partial charge in [-0.15, -0.1) is 0 Å². The van der Waals surface area contributed by atoms with E-state index in [1.165, 1.54) is 225 Å². The van der Waals surface area contributed by atoms with E-state index in [1.54, 1.807) is 0 Å². The second-order valence-electron chi connectivity index (χ2n) is 23.5. The van der Waals surface area contributed by atoms with Crippen molar-refractivity contribution in [3.63, 3.8) is 0 Å². The number of rotatable bonds is 60. The van der Waals surface area contributed by atoms with Crippen LogP contribution in [0.4, 0.5) is 0 Å². The Morgan fingerprint density at radius 3 is 1.17 bits per heavy atom. The van der Waals surface area contributed by atoms with Crippen molar-refractivity contribution in [1.29, 1.82) is 0 Å². The first-order valence-corrected chi connectivity index (χ1v) is 34.0. The molecule has 0 radical (unpaired) electrons. The summed E-state index contributed by atoms with van der Waals surface area (Å²) >= 11 is 0. The number of phosphoric acid groups is 1. The number of hydrogen-bond acceptors (Lipinski definition) is 5. The number of nitrogens with zero attached hydrogens (tertiary/aromatic N) is 1. The van der Waals surface area contributed by atoms with Crippen LogP contribution in [0.3, 0.4) is 0 Å². The van der Waals surface area contributed by atoms with Crippen LogP contribution >= 0.6 is 7.82 Å². The number of amides is 1. The number of carbonyl (C=O) groups is 1. The number of aliphatic hydroxyl groups is 1. The number of allylic oxidation sites excluding steroid dienone is 8. The minimum Gasteiger partial charge on any atom is -0.391 e. The molecular formula is C66H128N2O6P+. The van der Waals surface area contributed by atoms with E-state index < -0.39 is 20.0 Å². The van der Waals surface area contributed by atoms with E-state index in [-0.39, 0.29) is 19.1 Å². The van der Waals surface area contributed by atoms with Gasteiger partial charge in [0.15, 0.2) is 0 Å². The Morgan fingerprint density at radius 2 is 0.800 bits per heavy atom. The summed E-state index contributed by atoms with van der Waals surface area (Å²) in [5.74, 6) is -0.139. The second-order valence-corrected chi connectivity index (χ2v) is 24.9. The topological polar surface area (TPSA) is 105 Å². The van der Waals surface area contributed by atoms with Crippen LogP contribution in [0.1, 0.15) is 316 Å². The van der Waals surface area contributed by atoms with Gasteiger partial charge in [0.25, 0.3) is 0 Å². The summed E-state index contributed by atoms with van der Waals surface area (Å²) in [5.41, 5.74) is 0. The molecule has 8 nitrogen and oxygen atoms in total. The third kappa shape index (κ3) is 60.0. The number of carbonyl (C=O) groups excluding carboxylic acids is 1. The minimum absolute atomic E-state index is 0.0762. The Kier molecular flexibility index (Phi) is 56.0. The highest BCUT2D eigenvalue weighted by atomic mass is 31.2. The summed E-state index contributed by atoms with van der Waals surface area (Å²) < 4.78 is 23.9. The van der Waals surface area contributed by atoms with E-state index in [1.807, 2.05) is 21.1 Å². The number of unbranched alkanes of at least 4 members (excludes halogenated alkanes) is 39. The summed E-state index contributed by atoms with van der Waals surface area (Å²) in [6.07, 6.45) is 76.2. The van der Waals surface area contributed by atoms with Crippen LogP contribution in [0.15, 0.2) is 48.6 Å². The van der Waals surface area contributed by atoms with Crippen molar-refractivity contribution in [2.45, 2.75) is 328 Å². The first kappa shape index (κ1) is 73.5. The van der Waals surface area contributed by atoms with Crippen molar-refractivity contribution in [1.82, 2.24) is 5.32 Å². The fourth-order valence-electron chi connectivity index (χ4n) is 9.81. The number of aliphatic hydroxyl groups excluding tert-OH is 1.